The van der Waals surface area contributed by atoms with E-state index in [2.05, 4.69) is 25.2 Å². The Labute approximate surface area is 179 Å². The van der Waals surface area contributed by atoms with Crippen molar-refractivity contribution in [1.29, 1.82) is 0 Å². The van der Waals surface area contributed by atoms with E-state index < -0.39 is 0 Å². The maximum Gasteiger partial charge on any atom is 0.322 e. The molecule has 156 valence electrons. The zero-order chi connectivity index (χ0) is 21.3. The van der Waals surface area contributed by atoms with Gasteiger partial charge in [0.05, 0.1) is 27.4 Å². The number of rotatable bonds is 9. The Bertz CT molecular complexity index is 1030. The molecule has 3 aromatic rings. The summed E-state index contributed by atoms with van der Waals surface area (Å²) in [6.07, 6.45) is 0.563. The molecule has 0 spiro atoms. The lowest BCUT2D eigenvalue weighted by Gasteiger charge is -2.12. The van der Waals surface area contributed by atoms with Gasteiger partial charge in [-0.3, -0.25) is 0 Å². The van der Waals surface area contributed by atoms with E-state index in [9.17, 15) is 0 Å². The number of halogens is 1. The molecule has 8 nitrogen and oxygen atoms in total. The first kappa shape index (κ1) is 21.4. The van der Waals surface area contributed by atoms with Crippen molar-refractivity contribution in [2.75, 3.05) is 20.8 Å². The van der Waals surface area contributed by atoms with Gasteiger partial charge in [0.15, 0.2) is 11.5 Å². The molecular formula is C21H22ClN5O3. The molecule has 30 heavy (non-hydrogen) atoms. The monoisotopic (exact) mass is 427 g/mol. The number of azo groups is 1. The Balaban J connectivity index is 1.62. The fourth-order valence-corrected chi connectivity index (χ4v) is 2.97. The van der Waals surface area contributed by atoms with Crippen LogP contribution in [0.5, 0.6) is 17.5 Å². The van der Waals surface area contributed by atoms with Crippen LogP contribution in [0, 0.1) is 6.92 Å². The molecule has 0 saturated carbocycles. The molecule has 1 aromatic heterocycles. The van der Waals surface area contributed by atoms with Crippen LogP contribution in [-0.2, 0) is 13.0 Å². The van der Waals surface area contributed by atoms with Gasteiger partial charge in [0, 0.05) is 12.0 Å². The molecule has 1 heterocycles. The second-order valence-corrected chi connectivity index (χ2v) is 6.66. The summed E-state index contributed by atoms with van der Waals surface area (Å²) in [6.45, 7) is 2.75. The highest BCUT2D eigenvalue weighted by molar-refractivity contribution is 6.28. The minimum Gasteiger partial charge on any atom is -0.493 e. The minimum absolute atomic E-state index is 0.0107. The van der Waals surface area contributed by atoms with E-state index in [1.165, 1.54) is 0 Å². The Morgan fingerprint density at radius 3 is 2.60 bits per heavy atom. The van der Waals surface area contributed by atoms with Gasteiger partial charge in [-0.05, 0) is 30.2 Å². The van der Waals surface area contributed by atoms with Gasteiger partial charge in [-0.2, -0.15) is 20.1 Å². The second kappa shape index (κ2) is 10.5. The summed E-state index contributed by atoms with van der Waals surface area (Å²) in [5.41, 5.74) is 3.15. The lowest BCUT2D eigenvalue weighted by Crippen LogP contribution is -2.06. The summed E-state index contributed by atoms with van der Waals surface area (Å²) in [7, 11) is 3.20. The number of methoxy groups -OCH3 is 2. The molecule has 0 fully saturated rings. The van der Waals surface area contributed by atoms with Crippen LogP contribution in [0.15, 0.2) is 52.7 Å². The van der Waals surface area contributed by atoms with Gasteiger partial charge in [0.25, 0.3) is 5.95 Å². The third-order valence-electron chi connectivity index (χ3n) is 4.16. The maximum atomic E-state index is 5.97. The number of ether oxygens (including phenoxy) is 3. The number of hydrogen-bond acceptors (Lipinski definition) is 8. The van der Waals surface area contributed by atoms with Gasteiger partial charge in [0.2, 0.25) is 5.28 Å². The molecule has 0 aliphatic carbocycles. The smallest absolute Gasteiger partial charge is 0.322 e. The molecule has 0 unspecified atom stereocenters. The first-order valence-electron chi connectivity index (χ1n) is 9.26. The standard InChI is InChI=1S/C21H22ClN5O3/c1-14-6-4-7-15(12-14)13-23-27-20-24-19(22)25-21(26-20)30-11-10-16-8-5-9-17(28-2)18(16)29-3/h4-9,12H,10-11,13H2,1-3H3. The molecule has 0 saturated heterocycles. The average Bonchev–Trinajstić information content (AvgIpc) is 2.73. The fraction of sp³-hybridized carbons (Fsp3) is 0.286. The quantitative estimate of drug-likeness (QED) is 0.457. The summed E-state index contributed by atoms with van der Waals surface area (Å²) in [6, 6.07) is 13.8. The SMILES string of the molecule is COc1cccc(CCOc2nc(Cl)nc(N=NCc3cccc(C)c3)n2)c1OC. The molecule has 0 N–H and O–H groups in total. The molecule has 0 bridgehead atoms. The van der Waals surface area contributed by atoms with E-state index in [0.29, 0.717) is 31.1 Å². The molecule has 0 atom stereocenters. The number of aryl methyl sites for hydroxylation is 1. The van der Waals surface area contributed by atoms with Crippen LogP contribution >= 0.6 is 11.6 Å². The minimum atomic E-state index is -0.0107. The normalized spacial score (nSPS) is 10.9. The molecule has 0 amide bonds. The molecule has 0 aliphatic rings. The van der Waals surface area contributed by atoms with Crippen LogP contribution in [-0.4, -0.2) is 35.8 Å². The summed E-state index contributed by atoms with van der Waals surface area (Å²) >= 11 is 5.97. The van der Waals surface area contributed by atoms with Gasteiger partial charge in [-0.25, -0.2) is 0 Å². The number of para-hydroxylation sites is 1. The van der Waals surface area contributed by atoms with Crippen molar-refractivity contribution in [2.24, 2.45) is 10.2 Å². The zero-order valence-corrected chi connectivity index (χ0v) is 17.8. The predicted octanol–water partition coefficient (Wildman–Crippen LogP) is 4.76. The van der Waals surface area contributed by atoms with E-state index in [4.69, 9.17) is 25.8 Å². The average molecular weight is 428 g/mol. The van der Waals surface area contributed by atoms with Crippen LogP contribution in [0.4, 0.5) is 5.95 Å². The number of hydrogen-bond donors (Lipinski definition) is 0. The molecule has 9 heteroatoms. The third-order valence-corrected chi connectivity index (χ3v) is 4.33. The van der Waals surface area contributed by atoms with Crippen molar-refractivity contribution in [1.82, 2.24) is 15.0 Å². The summed E-state index contributed by atoms with van der Waals surface area (Å²) < 4.78 is 16.4. The van der Waals surface area contributed by atoms with E-state index in [1.54, 1.807) is 14.2 Å². The van der Waals surface area contributed by atoms with Crippen LogP contribution in [0.2, 0.25) is 5.28 Å². The van der Waals surface area contributed by atoms with Crippen LogP contribution in [0.1, 0.15) is 16.7 Å². The predicted molar refractivity (Wildman–Crippen MR) is 113 cm³/mol. The first-order chi connectivity index (χ1) is 14.6. The van der Waals surface area contributed by atoms with Crippen molar-refractivity contribution in [2.45, 2.75) is 19.9 Å². The van der Waals surface area contributed by atoms with Crippen molar-refractivity contribution in [3.63, 3.8) is 0 Å². The Hall–Kier alpha value is -3.26. The summed E-state index contributed by atoms with van der Waals surface area (Å²) in [4.78, 5) is 12.1. The lowest BCUT2D eigenvalue weighted by atomic mass is 10.1. The fourth-order valence-electron chi connectivity index (χ4n) is 2.82. The molecule has 0 radical (unpaired) electrons. The Kier molecular flexibility index (Phi) is 7.51. The molecular weight excluding hydrogens is 406 g/mol. The largest absolute Gasteiger partial charge is 0.493 e. The maximum absolute atomic E-state index is 5.97. The zero-order valence-electron chi connectivity index (χ0n) is 17.0. The molecule has 3 rings (SSSR count). The summed E-state index contributed by atoms with van der Waals surface area (Å²) in [5, 5.41) is 8.15. The highest BCUT2D eigenvalue weighted by Gasteiger charge is 2.11. The molecule has 2 aromatic carbocycles. The molecule has 0 aliphatic heterocycles. The number of nitrogens with zero attached hydrogens (tertiary/aromatic N) is 5. The number of benzene rings is 2. The summed E-state index contributed by atoms with van der Waals surface area (Å²) in [5.74, 6) is 1.43. The second-order valence-electron chi connectivity index (χ2n) is 6.33. The topological polar surface area (TPSA) is 91.1 Å². The van der Waals surface area contributed by atoms with Crippen LogP contribution in [0.3, 0.4) is 0 Å². The van der Waals surface area contributed by atoms with E-state index in [0.717, 1.165) is 16.7 Å². The van der Waals surface area contributed by atoms with E-state index >= 15 is 0 Å². The number of aromatic nitrogens is 3. The Morgan fingerprint density at radius 2 is 1.83 bits per heavy atom. The van der Waals surface area contributed by atoms with Gasteiger partial charge >= 0.3 is 6.01 Å². The van der Waals surface area contributed by atoms with E-state index in [-0.39, 0.29) is 17.2 Å². The third kappa shape index (κ3) is 5.87. The van der Waals surface area contributed by atoms with E-state index in [1.807, 2.05) is 49.4 Å². The van der Waals surface area contributed by atoms with Crippen molar-refractivity contribution in [3.8, 4) is 17.5 Å². The van der Waals surface area contributed by atoms with Crippen molar-refractivity contribution >= 4 is 17.5 Å². The van der Waals surface area contributed by atoms with Crippen LogP contribution in [0.25, 0.3) is 0 Å². The Morgan fingerprint density at radius 1 is 1.00 bits per heavy atom. The van der Waals surface area contributed by atoms with Gasteiger partial charge in [-0.15, -0.1) is 5.11 Å². The highest BCUT2D eigenvalue weighted by atomic mass is 35.5. The highest BCUT2D eigenvalue weighted by Crippen LogP contribution is 2.31. The van der Waals surface area contributed by atoms with Crippen molar-refractivity contribution < 1.29 is 14.2 Å². The first-order valence-corrected chi connectivity index (χ1v) is 9.64. The van der Waals surface area contributed by atoms with Crippen LogP contribution < -0.4 is 14.2 Å². The van der Waals surface area contributed by atoms with Gasteiger partial charge in [0.1, 0.15) is 0 Å². The van der Waals surface area contributed by atoms with Gasteiger partial charge in [-0.1, -0.05) is 42.0 Å². The van der Waals surface area contributed by atoms with Crippen molar-refractivity contribution in [3.05, 3.63) is 64.4 Å². The lowest BCUT2D eigenvalue weighted by molar-refractivity contribution is 0.291. The van der Waals surface area contributed by atoms with Gasteiger partial charge < -0.3 is 14.2 Å².